The van der Waals surface area contributed by atoms with Gasteiger partial charge in [-0.15, -0.1) is 0 Å². The van der Waals surface area contributed by atoms with Gasteiger partial charge in [-0.1, -0.05) is 6.42 Å². The van der Waals surface area contributed by atoms with E-state index in [1.165, 1.54) is 0 Å². The molecule has 3 saturated carbocycles. The van der Waals surface area contributed by atoms with E-state index in [2.05, 4.69) is 10.4 Å². The summed E-state index contributed by atoms with van der Waals surface area (Å²) >= 11 is 0. The molecule has 8 heteroatoms. The molecule has 144 valence electrons. The van der Waals surface area contributed by atoms with E-state index in [-0.39, 0.29) is 55.8 Å². The Morgan fingerprint density at radius 1 is 1.12 bits per heavy atom. The topological polar surface area (TPSA) is 46.9 Å². The van der Waals surface area contributed by atoms with Crippen LogP contribution in [0.3, 0.4) is 0 Å². The maximum atomic E-state index is 13.3. The predicted molar refractivity (Wildman–Crippen MR) is 87.6 cm³/mol. The van der Waals surface area contributed by atoms with Gasteiger partial charge < -0.3 is 5.32 Å². The van der Waals surface area contributed by atoms with Crippen molar-refractivity contribution in [3.8, 4) is 0 Å². The maximum Gasteiger partial charge on any atom is 0.249 e. The zero-order valence-corrected chi connectivity index (χ0v) is 14.7. The smallest absolute Gasteiger partial charge is 0.249 e. The second-order valence-electron chi connectivity index (χ2n) is 8.24. The van der Waals surface area contributed by atoms with Crippen molar-refractivity contribution in [1.82, 2.24) is 9.78 Å². The van der Waals surface area contributed by atoms with Gasteiger partial charge in [-0.2, -0.15) is 5.10 Å². The normalized spacial score (nSPS) is 25.3. The molecule has 1 amide bonds. The third kappa shape index (κ3) is 3.22. The Balaban J connectivity index is 1.49. The molecule has 3 aliphatic rings. The standard InChI is InChI=1S/C18H23F4N3O/c1-25-15(12-8-18(21,22)9-12)14(11-3-2-4-11)16(24-25)23-13(26)5-10-6-17(19,20)7-10/h10-12H,2-9H2,1H3,(H,23,24,26). The minimum atomic E-state index is -2.64. The molecule has 0 radical (unpaired) electrons. The average molecular weight is 373 g/mol. The number of hydrogen-bond donors (Lipinski definition) is 1. The van der Waals surface area contributed by atoms with E-state index in [1.807, 2.05) is 0 Å². The molecule has 0 spiro atoms. The van der Waals surface area contributed by atoms with E-state index in [0.29, 0.717) is 5.82 Å². The number of carbonyl (C=O) groups excluding carboxylic acids is 1. The molecule has 0 atom stereocenters. The summed E-state index contributed by atoms with van der Waals surface area (Å²) in [5.74, 6) is -5.47. The molecule has 0 unspecified atom stereocenters. The molecule has 1 aromatic rings. The number of halogens is 4. The summed E-state index contributed by atoms with van der Waals surface area (Å²) in [6.07, 6.45) is 2.17. The molecule has 0 aliphatic heterocycles. The third-order valence-corrected chi connectivity index (χ3v) is 6.03. The summed E-state index contributed by atoms with van der Waals surface area (Å²) in [6, 6.07) is 0. The molecule has 4 nitrogen and oxygen atoms in total. The van der Waals surface area contributed by atoms with Gasteiger partial charge in [0.1, 0.15) is 0 Å². The van der Waals surface area contributed by atoms with Crippen LogP contribution in [0, 0.1) is 5.92 Å². The number of aryl methyl sites for hydroxylation is 1. The van der Waals surface area contributed by atoms with Crippen molar-refractivity contribution < 1.29 is 22.4 Å². The van der Waals surface area contributed by atoms with Gasteiger partial charge in [0.15, 0.2) is 5.82 Å². The first-order valence-corrected chi connectivity index (χ1v) is 9.26. The number of rotatable bonds is 5. The number of nitrogens with zero attached hydrogens (tertiary/aromatic N) is 2. The lowest BCUT2D eigenvalue weighted by Crippen LogP contribution is -2.37. The minimum Gasteiger partial charge on any atom is -0.309 e. The second kappa shape index (κ2) is 5.96. The molecule has 3 aliphatic carbocycles. The number of aromatic nitrogens is 2. The fourth-order valence-electron chi connectivity index (χ4n) is 4.46. The molecule has 0 bridgehead atoms. The summed E-state index contributed by atoms with van der Waals surface area (Å²) in [6.45, 7) is 0. The van der Waals surface area contributed by atoms with Gasteiger partial charge in [0.05, 0.1) is 0 Å². The monoisotopic (exact) mass is 373 g/mol. The minimum absolute atomic E-state index is 0.0487. The van der Waals surface area contributed by atoms with Crippen LogP contribution in [0.15, 0.2) is 0 Å². The molecular formula is C18H23F4N3O. The van der Waals surface area contributed by atoms with Crippen molar-refractivity contribution in [3.05, 3.63) is 11.3 Å². The highest BCUT2D eigenvalue weighted by Crippen LogP contribution is 2.53. The van der Waals surface area contributed by atoms with Crippen LogP contribution in [0.2, 0.25) is 0 Å². The van der Waals surface area contributed by atoms with Gasteiger partial charge in [0.25, 0.3) is 0 Å². The second-order valence-corrected chi connectivity index (χ2v) is 8.24. The lowest BCUT2D eigenvalue weighted by molar-refractivity contribution is -0.129. The van der Waals surface area contributed by atoms with Crippen LogP contribution in [-0.2, 0) is 11.8 Å². The van der Waals surface area contributed by atoms with Crippen LogP contribution in [0.25, 0.3) is 0 Å². The van der Waals surface area contributed by atoms with Gasteiger partial charge >= 0.3 is 0 Å². The van der Waals surface area contributed by atoms with Crippen LogP contribution in [0.5, 0.6) is 0 Å². The van der Waals surface area contributed by atoms with Crippen molar-refractivity contribution in [1.29, 1.82) is 0 Å². The molecule has 1 N–H and O–H groups in total. The lowest BCUT2D eigenvalue weighted by Gasteiger charge is -2.37. The maximum absolute atomic E-state index is 13.3. The fraction of sp³-hybridized carbons (Fsp3) is 0.778. The zero-order chi connectivity index (χ0) is 18.7. The van der Waals surface area contributed by atoms with E-state index < -0.39 is 11.8 Å². The Bertz CT molecular complexity index is 710. The number of nitrogens with one attached hydrogen (secondary N) is 1. The Kier molecular flexibility index (Phi) is 4.08. The van der Waals surface area contributed by atoms with Crippen LogP contribution in [-0.4, -0.2) is 27.5 Å². The Hall–Kier alpha value is -1.60. The highest BCUT2D eigenvalue weighted by atomic mass is 19.3. The summed E-state index contributed by atoms with van der Waals surface area (Å²) in [5.41, 5.74) is 1.68. The average Bonchev–Trinajstić information content (AvgIpc) is 2.68. The highest BCUT2D eigenvalue weighted by Gasteiger charge is 2.49. The Labute approximate surface area is 149 Å². The van der Waals surface area contributed by atoms with E-state index in [9.17, 15) is 22.4 Å². The zero-order valence-electron chi connectivity index (χ0n) is 14.7. The van der Waals surface area contributed by atoms with Crippen molar-refractivity contribution >= 4 is 11.7 Å². The van der Waals surface area contributed by atoms with E-state index in [4.69, 9.17) is 0 Å². The first kappa shape index (κ1) is 17.8. The van der Waals surface area contributed by atoms with Gasteiger partial charge in [0, 0.05) is 56.3 Å². The van der Waals surface area contributed by atoms with E-state index in [0.717, 1.165) is 30.5 Å². The Morgan fingerprint density at radius 2 is 1.73 bits per heavy atom. The lowest BCUT2D eigenvalue weighted by atomic mass is 9.72. The first-order chi connectivity index (χ1) is 12.1. The van der Waals surface area contributed by atoms with Crippen molar-refractivity contribution in [2.45, 2.75) is 75.0 Å². The molecule has 26 heavy (non-hydrogen) atoms. The predicted octanol–water partition coefficient (Wildman–Crippen LogP) is 4.57. The quantitative estimate of drug-likeness (QED) is 0.769. The third-order valence-electron chi connectivity index (χ3n) is 6.03. The summed E-state index contributed by atoms with van der Waals surface area (Å²) < 4.78 is 54.2. The summed E-state index contributed by atoms with van der Waals surface area (Å²) in [4.78, 5) is 12.3. The number of anilines is 1. The van der Waals surface area contributed by atoms with Gasteiger partial charge in [-0.25, -0.2) is 17.6 Å². The van der Waals surface area contributed by atoms with Gasteiger partial charge in [-0.3, -0.25) is 9.48 Å². The number of alkyl halides is 4. The Morgan fingerprint density at radius 3 is 2.23 bits per heavy atom. The van der Waals surface area contributed by atoms with Crippen LogP contribution < -0.4 is 5.32 Å². The number of amides is 1. The van der Waals surface area contributed by atoms with Gasteiger partial charge in [-0.05, 0) is 24.7 Å². The van der Waals surface area contributed by atoms with Crippen molar-refractivity contribution in [2.24, 2.45) is 13.0 Å². The highest BCUT2D eigenvalue weighted by molar-refractivity contribution is 5.91. The van der Waals surface area contributed by atoms with Crippen LogP contribution >= 0.6 is 0 Å². The molecule has 0 aromatic carbocycles. The number of hydrogen-bond acceptors (Lipinski definition) is 2. The molecular weight excluding hydrogens is 350 g/mol. The summed E-state index contributed by atoms with van der Waals surface area (Å²) in [5, 5.41) is 7.14. The molecule has 3 fully saturated rings. The SMILES string of the molecule is Cn1nc(NC(=O)CC2CC(F)(F)C2)c(C2CCC2)c1C1CC(F)(F)C1. The molecule has 4 rings (SSSR count). The first-order valence-electron chi connectivity index (χ1n) is 9.26. The summed E-state index contributed by atoms with van der Waals surface area (Å²) in [7, 11) is 1.72. The van der Waals surface area contributed by atoms with Gasteiger partial charge in [0.2, 0.25) is 17.8 Å². The van der Waals surface area contributed by atoms with Crippen molar-refractivity contribution in [3.63, 3.8) is 0 Å². The molecule has 1 aromatic heterocycles. The molecule has 1 heterocycles. The van der Waals surface area contributed by atoms with E-state index in [1.54, 1.807) is 11.7 Å². The van der Waals surface area contributed by atoms with E-state index >= 15 is 0 Å². The fourth-order valence-corrected chi connectivity index (χ4v) is 4.46. The largest absolute Gasteiger partial charge is 0.309 e. The van der Waals surface area contributed by atoms with Crippen LogP contribution in [0.1, 0.15) is 74.5 Å². The molecule has 0 saturated heterocycles. The van der Waals surface area contributed by atoms with Crippen molar-refractivity contribution in [2.75, 3.05) is 5.32 Å². The number of carbonyl (C=O) groups is 1. The van der Waals surface area contributed by atoms with Crippen LogP contribution in [0.4, 0.5) is 23.4 Å².